The Kier molecular flexibility index (Phi) is 8.13. The molecule has 0 bridgehead atoms. The number of ether oxygens (including phenoxy) is 2. The first-order valence-corrected chi connectivity index (χ1v) is 10.8. The first kappa shape index (κ1) is 22.6. The molecule has 1 fully saturated rings. The molecular formula is C23H36N4O3. The molecule has 1 aliphatic rings. The number of aryl methyl sites for hydroxylation is 2. The van der Waals surface area contributed by atoms with Gasteiger partial charge in [0.2, 0.25) is 0 Å². The summed E-state index contributed by atoms with van der Waals surface area (Å²) in [5, 5.41) is 14.8. The maximum absolute atomic E-state index is 10.3. The third-order valence-corrected chi connectivity index (χ3v) is 5.58. The molecule has 2 aromatic rings. The maximum Gasteiger partial charge on any atom is 0.161 e. The molecule has 2 heterocycles. The highest BCUT2D eigenvalue weighted by molar-refractivity contribution is 5.43. The molecule has 0 radical (unpaired) electrons. The highest BCUT2D eigenvalue weighted by Crippen LogP contribution is 2.28. The Morgan fingerprint density at radius 1 is 1.17 bits per heavy atom. The number of β-amino-alcohol motifs (C(OH)–C–C–N with tert-alkyl or cyclic N) is 1. The summed E-state index contributed by atoms with van der Waals surface area (Å²) >= 11 is 0. The molecule has 1 atom stereocenters. The monoisotopic (exact) mass is 416 g/mol. The summed E-state index contributed by atoms with van der Waals surface area (Å²) in [5.41, 5.74) is 3.41. The number of hydrogen-bond donors (Lipinski definition) is 1. The summed E-state index contributed by atoms with van der Waals surface area (Å²) in [4.78, 5) is 4.56. The van der Waals surface area contributed by atoms with Crippen LogP contribution in [0.15, 0.2) is 24.3 Å². The molecule has 1 aliphatic heterocycles. The van der Waals surface area contributed by atoms with Crippen LogP contribution in [0.4, 0.5) is 0 Å². The lowest BCUT2D eigenvalue weighted by atomic mass is 10.2. The van der Waals surface area contributed by atoms with Crippen molar-refractivity contribution in [3.63, 3.8) is 0 Å². The average Bonchev–Trinajstić information content (AvgIpc) is 3.34. The quantitative estimate of drug-likeness (QED) is 0.607. The number of nitrogens with zero attached hydrogens (tertiary/aromatic N) is 4. The van der Waals surface area contributed by atoms with Crippen LogP contribution in [-0.4, -0.2) is 77.7 Å². The second kappa shape index (κ2) is 10.8. The van der Waals surface area contributed by atoms with Crippen molar-refractivity contribution >= 4 is 0 Å². The van der Waals surface area contributed by atoms with Crippen LogP contribution in [0, 0.1) is 13.8 Å². The van der Waals surface area contributed by atoms with Gasteiger partial charge >= 0.3 is 0 Å². The lowest BCUT2D eigenvalue weighted by Crippen LogP contribution is -2.33. The van der Waals surface area contributed by atoms with E-state index in [1.54, 1.807) is 7.11 Å². The molecule has 30 heavy (non-hydrogen) atoms. The van der Waals surface area contributed by atoms with Gasteiger partial charge in [-0.25, -0.2) is 0 Å². The fraction of sp³-hybridized carbons (Fsp3) is 0.609. The van der Waals surface area contributed by atoms with Gasteiger partial charge in [-0.2, -0.15) is 5.10 Å². The minimum Gasteiger partial charge on any atom is -0.493 e. The predicted molar refractivity (Wildman–Crippen MR) is 118 cm³/mol. The van der Waals surface area contributed by atoms with Crippen molar-refractivity contribution in [3.05, 3.63) is 41.2 Å². The molecule has 3 rings (SSSR count). The van der Waals surface area contributed by atoms with Crippen LogP contribution in [0.25, 0.3) is 0 Å². The Labute approximate surface area is 180 Å². The number of aliphatic hydroxyl groups is 1. The minimum absolute atomic E-state index is 0.273. The molecule has 1 N–H and O–H groups in total. The number of rotatable bonds is 11. The Morgan fingerprint density at radius 3 is 2.60 bits per heavy atom. The first-order valence-electron chi connectivity index (χ1n) is 10.8. The summed E-state index contributed by atoms with van der Waals surface area (Å²) in [6.07, 6.45) is 1.95. The Hall–Kier alpha value is -2.09. The molecule has 166 valence electrons. The number of likely N-dealkylation sites (N-methyl/N-ethyl adjacent to an activating group) is 1. The highest BCUT2D eigenvalue weighted by Gasteiger charge is 2.17. The van der Waals surface area contributed by atoms with Gasteiger partial charge < -0.3 is 24.4 Å². The molecule has 0 amide bonds. The topological polar surface area (TPSA) is 63.0 Å². The SMILES string of the molecule is COc1cc(CN(C)CCn2nc(C)cc2C)ccc1OCC(O)CN1CCCC1. The van der Waals surface area contributed by atoms with Gasteiger partial charge in [0.05, 0.1) is 19.3 Å². The third-order valence-electron chi connectivity index (χ3n) is 5.58. The van der Waals surface area contributed by atoms with E-state index >= 15 is 0 Å². The number of hydrogen-bond acceptors (Lipinski definition) is 6. The van der Waals surface area contributed by atoms with E-state index in [-0.39, 0.29) is 6.61 Å². The highest BCUT2D eigenvalue weighted by atomic mass is 16.5. The fourth-order valence-electron chi connectivity index (χ4n) is 3.99. The molecule has 1 aromatic heterocycles. The van der Waals surface area contributed by atoms with E-state index in [2.05, 4.69) is 45.7 Å². The van der Waals surface area contributed by atoms with E-state index in [1.165, 1.54) is 18.5 Å². The standard InChI is InChI=1S/C23H36N4O3/c1-18-13-19(2)27(24-18)12-11-25(3)15-20-7-8-22(23(14-20)29-4)30-17-21(28)16-26-9-5-6-10-26/h7-8,13-14,21,28H,5-6,9-12,15-17H2,1-4H3. The molecular weight excluding hydrogens is 380 g/mol. The zero-order valence-corrected chi connectivity index (χ0v) is 18.8. The van der Waals surface area contributed by atoms with Crippen molar-refractivity contribution in [1.29, 1.82) is 0 Å². The van der Waals surface area contributed by atoms with Crippen molar-refractivity contribution in [3.8, 4) is 11.5 Å². The van der Waals surface area contributed by atoms with Crippen LogP contribution in [0.2, 0.25) is 0 Å². The van der Waals surface area contributed by atoms with Gasteiger partial charge in [0, 0.05) is 25.3 Å². The summed E-state index contributed by atoms with van der Waals surface area (Å²) in [6, 6.07) is 8.11. The molecule has 1 saturated heterocycles. The number of benzene rings is 1. The van der Waals surface area contributed by atoms with Gasteiger partial charge in [0.1, 0.15) is 12.7 Å². The van der Waals surface area contributed by atoms with Crippen molar-refractivity contribution < 1.29 is 14.6 Å². The van der Waals surface area contributed by atoms with Crippen LogP contribution < -0.4 is 9.47 Å². The first-order chi connectivity index (χ1) is 14.4. The van der Waals surface area contributed by atoms with E-state index in [0.29, 0.717) is 18.0 Å². The van der Waals surface area contributed by atoms with Crippen molar-refractivity contribution in [2.24, 2.45) is 0 Å². The van der Waals surface area contributed by atoms with E-state index in [0.717, 1.165) is 44.0 Å². The zero-order chi connectivity index (χ0) is 21.5. The Morgan fingerprint density at radius 2 is 1.93 bits per heavy atom. The molecule has 7 nitrogen and oxygen atoms in total. The molecule has 0 saturated carbocycles. The number of aromatic nitrogens is 2. The van der Waals surface area contributed by atoms with E-state index in [1.807, 2.05) is 19.1 Å². The van der Waals surface area contributed by atoms with Crippen LogP contribution in [-0.2, 0) is 13.1 Å². The van der Waals surface area contributed by atoms with E-state index in [9.17, 15) is 5.11 Å². The predicted octanol–water partition coefficient (Wildman–Crippen LogP) is 2.48. The normalized spacial score (nSPS) is 15.7. The molecule has 7 heteroatoms. The fourth-order valence-corrected chi connectivity index (χ4v) is 3.99. The molecule has 0 aliphatic carbocycles. The third kappa shape index (κ3) is 6.45. The van der Waals surface area contributed by atoms with Gasteiger partial charge in [0.15, 0.2) is 11.5 Å². The van der Waals surface area contributed by atoms with Gasteiger partial charge in [-0.05, 0) is 70.6 Å². The van der Waals surface area contributed by atoms with Crippen LogP contribution in [0.5, 0.6) is 11.5 Å². The second-order valence-corrected chi connectivity index (χ2v) is 8.35. The largest absolute Gasteiger partial charge is 0.493 e. The number of likely N-dealkylation sites (tertiary alicyclic amines) is 1. The second-order valence-electron chi connectivity index (χ2n) is 8.35. The van der Waals surface area contributed by atoms with Gasteiger partial charge in [-0.15, -0.1) is 0 Å². The van der Waals surface area contributed by atoms with Crippen molar-refractivity contribution in [1.82, 2.24) is 19.6 Å². The van der Waals surface area contributed by atoms with Crippen LogP contribution in [0.3, 0.4) is 0 Å². The molecule has 0 spiro atoms. The zero-order valence-electron chi connectivity index (χ0n) is 18.8. The Bertz CT molecular complexity index is 802. The van der Waals surface area contributed by atoms with Gasteiger partial charge in [-0.1, -0.05) is 6.07 Å². The summed E-state index contributed by atoms with van der Waals surface area (Å²) in [7, 11) is 3.76. The average molecular weight is 417 g/mol. The van der Waals surface area contributed by atoms with Crippen molar-refractivity contribution in [2.45, 2.75) is 45.9 Å². The minimum atomic E-state index is -0.493. The van der Waals surface area contributed by atoms with Crippen LogP contribution in [0.1, 0.15) is 29.8 Å². The van der Waals surface area contributed by atoms with Crippen LogP contribution >= 0.6 is 0 Å². The summed E-state index contributed by atoms with van der Waals surface area (Å²) in [5.74, 6) is 1.37. The maximum atomic E-state index is 10.3. The summed E-state index contributed by atoms with van der Waals surface area (Å²) in [6.45, 7) is 9.78. The molecule has 1 aromatic carbocycles. The smallest absolute Gasteiger partial charge is 0.161 e. The lowest BCUT2D eigenvalue weighted by molar-refractivity contribution is 0.0747. The number of methoxy groups -OCH3 is 1. The van der Waals surface area contributed by atoms with Gasteiger partial charge in [0.25, 0.3) is 0 Å². The van der Waals surface area contributed by atoms with E-state index in [4.69, 9.17) is 9.47 Å². The van der Waals surface area contributed by atoms with Gasteiger partial charge in [-0.3, -0.25) is 4.68 Å². The van der Waals surface area contributed by atoms with Crippen molar-refractivity contribution in [2.75, 3.05) is 46.9 Å². The lowest BCUT2D eigenvalue weighted by Gasteiger charge is -2.21. The number of aliphatic hydroxyl groups excluding tert-OH is 1. The Balaban J connectivity index is 1.49. The summed E-state index contributed by atoms with van der Waals surface area (Å²) < 4.78 is 13.4. The molecule has 1 unspecified atom stereocenters. The van der Waals surface area contributed by atoms with E-state index < -0.39 is 6.10 Å².